The molecule has 0 aromatic rings. The number of hydrogen-bond acceptors (Lipinski definition) is 4. The van der Waals surface area contributed by atoms with E-state index >= 15 is 0 Å². The standard InChI is InChI=1S/C14H29N3O2/c1-14(2,13(15)16-19)9-6-10-17(3)11-7-4-5-8-12(11)18/h11-12,18-19H,4-10H2,1-3H3,(H2,15,16). The summed E-state index contributed by atoms with van der Waals surface area (Å²) in [6.45, 7) is 4.90. The first kappa shape index (κ1) is 16.2. The summed E-state index contributed by atoms with van der Waals surface area (Å²) < 4.78 is 0. The van der Waals surface area contributed by atoms with Gasteiger partial charge in [0, 0.05) is 11.5 Å². The van der Waals surface area contributed by atoms with E-state index in [-0.39, 0.29) is 17.4 Å². The first-order valence-corrected chi connectivity index (χ1v) is 7.25. The van der Waals surface area contributed by atoms with E-state index in [1.54, 1.807) is 0 Å². The number of nitrogens with zero attached hydrogens (tertiary/aromatic N) is 2. The summed E-state index contributed by atoms with van der Waals surface area (Å²) >= 11 is 0. The lowest BCUT2D eigenvalue weighted by molar-refractivity contribution is 0.0310. The molecule has 112 valence electrons. The van der Waals surface area contributed by atoms with Crippen molar-refractivity contribution in [3.05, 3.63) is 0 Å². The van der Waals surface area contributed by atoms with Gasteiger partial charge in [-0.2, -0.15) is 0 Å². The van der Waals surface area contributed by atoms with Crippen LogP contribution in [0.3, 0.4) is 0 Å². The summed E-state index contributed by atoms with van der Waals surface area (Å²) in [6.07, 6.45) is 6.02. The Balaban J connectivity index is 2.36. The van der Waals surface area contributed by atoms with Gasteiger partial charge in [0.05, 0.1) is 6.10 Å². The van der Waals surface area contributed by atoms with Gasteiger partial charge >= 0.3 is 0 Å². The van der Waals surface area contributed by atoms with E-state index in [2.05, 4.69) is 17.1 Å². The maximum absolute atomic E-state index is 10.0. The molecule has 0 heterocycles. The van der Waals surface area contributed by atoms with E-state index in [4.69, 9.17) is 10.9 Å². The van der Waals surface area contributed by atoms with Gasteiger partial charge in [-0.05, 0) is 39.3 Å². The summed E-state index contributed by atoms with van der Waals surface area (Å²) in [6, 6.07) is 0.292. The summed E-state index contributed by atoms with van der Waals surface area (Å²) in [5.74, 6) is 0.285. The third-order valence-electron chi connectivity index (χ3n) is 4.37. The molecule has 0 spiro atoms. The third-order valence-corrected chi connectivity index (χ3v) is 4.37. The molecule has 0 bridgehead atoms. The largest absolute Gasteiger partial charge is 0.409 e. The van der Waals surface area contributed by atoms with Crippen molar-refractivity contribution in [3.8, 4) is 0 Å². The monoisotopic (exact) mass is 271 g/mol. The van der Waals surface area contributed by atoms with Gasteiger partial charge in [-0.3, -0.25) is 0 Å². The van der Waals surface area contributed by atoms with E-state index in [0.717, 1.165) is 38.6 Å². The van der Waals surface area contributed by atoms with Crippen molar-refractivity contribution in [3.63, 3.8) is 0 Å². The second-order valence-corrected chi connectivity index (χ2v) is 6.37. The maximum atomic E-state index is 10.0. The van der Waals surface area contributed by atoms with Crippen LogP contribution in [-0.4, -0.2) is 46.8 Å². The van der Waals surface area contributed by atoms with Gasteiger partial charge < -0.3 is 20.9 Å². The molecule has 0 aromatic carbocycles. The van der Waals surface area contributed by atoms with Crippen LogP contribution in [0.25, 0.3) is 0 Å². The molecule has 0 aliphatic heterocycles. The SMILES string of the molecule is CN(CCCC(C)(C)C(N)=NO)C1CCCCC1O. The molecule has 4 N–H and O–H groups in total. The number of amidine groups is 1. The smallest absolute Gasteiger partial charge is 0.144 e. The van der Waals surface area contributed by atoms with Crippen molar-refractivity contribution in [1.29, 1.82) is 0 Å². The molecule has 19 heavy (non-hydrogen) atoms. The molecule has 0 radical (unpaired) electrons. The third kappa shape index (κ3) is 4.66. The average Bonchev–Trinajstić information content (AvgIpc) is 2.37. The van der Waals surface area contributed by atoms with Crippen molar-refractivity contribution in [1.82, 2.24) is 4.90 Å². The summed E-state index contributed by atoms with van der Waals surface area (Å²) in [5.41, 5.74) is 5.40. The van der Waals surface area contributed by atoms with Crippen LogP contribution >= 0.6 is 0 Å². The Morgan fingerprint density at radius 2 is 2.00 bits per heavy atom. The van der Waals surface area contributed by atoms with Gasteiger partial charge in [-0.1, -0.05) is 31.8 Å². The Kier molecular flexibility index (Phi) is 6.07. The molecule has 1 saturated carbocycles. The van der Waals surface area contributed by atoms with E-state index < -0.39 is 0 Å². The Bertz CT molecular complexity index is 305. The van der Waals surface area contributed by atoms with Crippen LogP contribution in [0.2, 0.25) is 0 Å². The number of oxime groups is 1. The molecule has 1 rings (SSSR count). The molecule has 2 unspecified atom stereocenters. The van der Waals surface area contributed by atoms with Gasteiger partial charge in [-0.25, -0.2) is 0 Å². The topological polar surface area (TPSA) is 82.1 Å². The normalized spacial score (nSPS) is 25.8. The number of aliphatic hydroxyl groups is 1. The van der Waals surface area contributed by atoms with Crippen LogP contribution < -0.4 is 5.73 Å². The summed E-state index contributed by atoms with van der Waals surface area (Å²) in [7, 11) is 2.08. The first-order chi connectivity index (χ1) is 8.88. The quantitative estimate of drug-likeness (QED) is 0.298. The minimum atomic E-state index is -0.277. The Hall–Kier alpha value is -0.810. The lowest BCUT2D eigenvalue weighted by atomic mass is 9.86. The number of rotatable bonds is 6. The molecular formula is C14H29N3O2. The lowest BCUT2D eigenvalue weighted by Crippen LogP contribution is -2.44. The first-order valence-electron chi connectivity index (χ1n) is 7.25. The number of likely N-dealkylation sites (N-methyl/N-ethyl adjacent to an activating group) is 1. The molecule has 5 heteroatoms. The van der Waals surface area contributed by atoms with Crippen LogP contribution in [0.5, 0.6) is 0 Å². The maximum Gasteiger partial charge on any atom is 0.144 e. The van der Waals surface area contributed by atoms with Gasteiger partial charge in [0.25, 0.3) is 0 Å². The van der Waals surface area contributed by atoms with Gasteiger partial charge in [0.1, 0.15) is 5.84 Å². The molecule has 5 nitrogen and oxygen atoms in total. The molecule has 2 atom stereocenters. The Morgan fingerprint density at radius 3 is 2.58 bits per heavy atom. The van der Waals surface area contributed by atoms with E-state index in [0.29, 0.717) is 6.04 Å². The van der Waals surface area contributed by atoms with Crippen LogP contribution in [-0.2, 0) is 0 Å². The van der Waals surface area contributed by atoms with E-state index in [9.17, 15) is 5.11 Å². The van der Waals surface area contributed by atoms with Crippen LogP contribution in [0.1, 0.15) is 52.4 Å². The fourth-order valence-corrected chi connectivity index (χ4v) is 2.81. The average molecular weight is 271 g/mol. The minimum absolute atomic E-state index is 0.184. The fraction of sp³-hybridized carbons (Fsp3) is 0.929. The van der Waals surface area contributed by atoms with Crippen molar-refractivity contribution in [2.45, 2.75) is 64.5 Å². The van der Waals surface area contributed by atoms with Crippen LogP contribution in [0, 0.1) is 5.41 Å². The van der Waals surface area contributed by atoms with Crippen molar-refractivity contribution >= 4 is 5.84 Å². The number of hydrogen-bond donors (Lipinski definition) is 3. The second-order valence-electron chi connectivity index (χ2n) is 6.37. The zero-order chi connectivity index (χ0) is 14.5. The highest BCUT2D eigenvalue weighted by atomic mass is 16.4. The second kappa shape index (κ2) is 7.10. The van der Waals surface area contributed by atoms with Crippen molar-refractivity contribution < 1.29 is 10.3 Å². The summed E-state index contributed by atoms with van der Waals surface area (Å²) in [5, 5.41) is 21.8. The zero-order valence-electron chi connectivity index (χ0n) is 12.5. The van der Waals surface area contributed by atoms with E-state index in [1.807, 2.05) is 13.8 Å². The minimum Gasteiger partial charge on any atom is -0.409 e. The zero-order valence-corrected chi connectivity index (χ0v) is 12.5. The van der Waals surface area contributed by atoms with Crippen molar-refractivity contribution in [2.24, 2.45) is 16.3 Å². The highest BCUT2D eigenvalue weighted by Gasteiger charge is 2.27. The van der Waals surface area contributed by atoms with Gasteiger partial charge in [0.15, 0.2) is 0 Å². The lowest BCUT2D eigenvalue weighted by Gasteiger charge is -2.35. The molecular weight excluding hydrogens is 242 g/mol. The molecule has 0 aromatic heterocycles. The van der Waals surface area contributed by atoms with Gasteiger partial charge in [-0.15, -0.1) is 0 Å². The number of nitrogens with two attached hydrogens (primary N) is 1. The van der Waals surface area contributed by atoms with Gasteiger partial charge in [0.2, 0.25) is 0 Å². The Morgan fingerprint density at radius 1 is 1.37 bits per heavy atom. The molecule has 1 fully saturated rings. The molecule has 1 aliphatic rings. The predicted molar refractivity (Wildman–Crippen MR) is 77.3 cm³/mol. The van der Waals surface area contributed by atoms with Crippen LogP contribution in [0.15, 0.2) is 5.16 Å². The predicted octanol–water partition coefficient (Wildman–Crippen LogP) is 1.77. The van der Waals surface area contributed by atoms with Crippen molar-refractivity contribution in [2.75, 3.05) is 13.6 Å². The van der Waals surface area contributed by atoms with Crippen LogP contribution in [0.4, 0.5) is 0 Å². The highest BCUT2D eigenvalue weighted by molar-refractivity contribution is 5.85. The fourth-order valence-electron chi connectivity index (χ4n) is 2.81. The summed E-state index contributed by atoms with van der Waals surface area (Å²) in [4.78, 5) is 2.26. The highest BCUT2D eigenvalue weighted by Crippen LogP contribution is 2.25. The van der Waals surface area contributed by atoms with E-state index in [1.165, 1.54) is 6.42 Å². The molecule has 0 saturated heterocycles. The number of aliphatic hydroxyl groups excluding tert-OH is 1. The molecule has 1 aliphatic carbocycles. The Labute approximate surface area is 116 Å². The molecule has 0 amide bonds.